The van der Waals surface area contributed by atoms with Crippen molar-refractivity contribution in [2.45, 2.75) is 25.8 Å². The molecule has 1 rings (SSSR count). The van der Waals surface area contributed by atoms with Gasteiger partial charge in [0.15, 0.2) is 0 Å². The maximum Gasteiger partial charge on any atom is 0.339 e. The third kappa shape index (κ3) is 4.23. The lowest BCUT2D eigenvalue weighted by Gasteiger charge is -2.31. The first-order chi connectivity index (χ1) is 8.19. The summed E-state index contributed by atoms with van der Waals surface area (Å²) in [5.41, 5.74) is 0.521. The van der Waals surface area contributed by atoms with Crippen molar-refractivity contribution in [2.24, 2.45) is 0 Å². The average Bonchev–Trinajstić information content (AvgIpc) is 2.37. The maximum absolute atomic E-state index is 11.6. The van der Waals surface area contributed by atoms with Crippen LogP contribution in [0.4, 0.5) is 0 Å². The zero-order valence-electron chi connectivity index (χ0n) is 10.7. The molecule has 0 aromatic heterocycles. The number of piperidine rings is 1. The molecule has 0 saturated carbocycles. The molecular weight excluding hydrogens is 216 g/mol. The van der Waals surface area contributed by atoms with Gasteiger partial charge in [0, 0.05) is 19.3 Å². The minimum absolute atomic E-state index is 0.303. The third-order valence-corrected chi connectivity index (χ3v) is 2.96. The van der Waals surface area contributed by atoms with Crippen LogP contribution in [0.2, 0.25) is 0 Å². The number of rotatable bonds is 5. The normalized spacial score (nSPS) is 17.6. The van der Waals surface area contributed by atoms with Crippen molar-refractivity contribution in [1.29, 1.82) is 0 Å². The Kier molecular flexibility index (Phi) is 5.77. The molecule has 96 valence electrons. The van der Waals surface area contributed by atoms with Crippen LogP contribution in [0.5, 0.6) is 0 Å². The molecule has 0 radical (unpaired) electrons. The summed E-state index contributed by atoms with van der Waals surface area (Å²) in [7, 11) is 2.00. The molecule has 0 amide bonds. The van der Waals surface area contributed by atoms with Crippen LogP contribution in [0, 0.1) is 0 Å². The number of esters is 1. The van der Waals surface area contributed by atoms with Gasteiger partial charge in [0.05, 0.1) is 12.2 Å². The first-order valence-corrected chi connectivity index (χ1v) is 6.13. The van der Waals surface area contributed by atoms with Gasteiger partial charge in [-0.15, -0.1) is 0 Å². The summed E-state index contributed by atoms with van der Waals surface area (Å²) in [6, 6.07) is 0.487. The fourth-order valence-electron chi connectivity index (χ4n) is 1.94. The molecule has 4 heteroatoms. The van der Waals surface area contributed by atoms with Crippen molar-refractivity contribution in [3.8, 4) is 0 Å². The topological polar surface area (TPSA) is 41.6 Å². The standard InChI is InChI=1S/C13H22N2O2/c1-4-11(13(16)17-5-2)10-15(3)12-6-8-14-9-7-12/h4,10,12,14H,1,5-9H2,2-3H3/b11-10+. The highest BCUT2D eigenvalue weighted by molar-refractivity contribution is 5.91. The summed E-state index contributed by atoms with van der Waals surface area (Å²) in [4.78, 5) is 13.7. The van der Waals surface area contributed by atoms with Crippen LogP contribution < -0.4 is 5.32 Å². The highest BCUT2D eigenvalue weighted by Crippen LogP contribution is 2.12. The van der Waals surface area contributed by atoms with Crippen LogP contribution in [0.3, 0.4) is 0 Å². The minimum Gasteiger partial charge on any atom is -0.462 e. The van der Waals surface area contributed by atoms with Gasteiger partial charge in [-0.25, -0.2) is 4.79 Å². The maximum atomic E-state index is 11.6. The minimum atomic E-state index is -0.303. The van der Waals surface area contributed by atoms with Crippen LogP contribution in [-0.2, 0) is 9.53 Å². The van der Waals surface area contributed by atoms with Crippen molar-refractivity contribution in [3.05, 3.63) is 24.4 Å². The molecule has 1 aliphatic heterocycles. The van der Waals surface area contributed by atoms with Crippen molar-refractivity contribution in [2.75, 3.05) is 26.7 Å². The zero-order valence-corrected chi connectivity index (χ0v) is 10.7. The molecule has 0 spiro atoms. The molecule has 0 unspecified atom stereocenters. The molecule has 17 heavy (non-hydrogen) atoms. The number of nitrogens with zero attached hydrogens (tertiary/aromatic N) is 1. The Morgan fingerprint density at radius 2 is 2.18 bits per heavy atom. The number of hydrogen-bond acceptors (Lipinski definition) is 4. The predicted octanol–water partition coefficient (Wildman–Crippen LogP) is 1.30. The van der Waals surface area contributed by atoms with Gasteiger partial charge >= 0.3 is 5.97 Å². The number of nitrogens with one attached hydrogen (secondary N) is 1. The van der Waals surface area contributed by atoms with E-state index in [-0.39, 0.29) is 5.97 Å². The van der Waals surface area contributed by atoms with Gasteiger partial charge in [-0.3, -0.25) is 0 Å². The molecule has 0 bridgehead atoms. The van der Waals surface area contributed by atoms with Crippen LogP contribution in [0.1, 0.15) is 19.8 Å². The SMILES string of the molecule is C=C/C(=C\N(C)C1CCNCC1)C(=O)OCC. The molecule has 0 aliphatic carbocycles. The number of carbonyl (C=O) groups excluding carboxylic acids is 1. The number of carbonyl (C=O) groups is 1. The van der Waals surface area contributed by atoms with Gasteiger partial charge in [-0.05, 0) is 32.9 Å². The van der Waals surface area contributed by atoms with Crippen LogP contribution in [0.25, 0.3) is 0 Å². The Morgan fingerprint density at radius 3 is 2.71 bits per heavy atom. The summed E-state index contributed by atoms with van der Waals surface area (Å²) in [6.07, 6.45) is 5.58. The first kappa shape index (κ1) is 13.8. The lowest BCUT2D eigenvalue weighted by Crippen LogP contribution is -2.39. The fourth-order valence-corrected chi connectivity index (χ4v) is 1.94. The highest BCUT2D eigenvalue weighted by atomic mass is 16.5. The second-order valence-corrected chi connectivity index (χ2v) is 4.16. The van der Waals surface area contributed by atoms with E-state index in [0.717, 1.165) is 25.9 Å². The molecule has 1 N–H and O–H groups in total. The smallest absolute Gasteiger partial charge is 0.339 e. The van der Waals surface area contributed by atoms with Crippen molar-refractivity contribution >= 4 is 5.97 Å². The summed E-state index contributed by atoms with van der Waals surface area (Å²) in [6.45, 7) is 7.91. The van der Waals surface area contributed by atoms with Crippen LogP contribution >= 0.6 is 0 Å². The van der Waals surface area contributed by atoms with Gasteiger partial charge in [0.2, 0.25) is 0 Å². The Morgan fingerprint density at radius 1 is 1.53 bits per heavy atom. The van der Waals surface area contributed by atoms with E-state index in [2.05, 4.69) is 16.8 Å². The monoisotopic (exact) mass is 238 g/mol. The van der Waals surface area contributed by atoms with E-state index >= 15 is 0 Å². The molecule has 4 nitrogen and oxygen atoms in total. The summed E-state index contributed by atoms with van der Waals surface area (Å²) in [5, 5.41) is 3.32. The van der Waals surface area contributed by atoms with Crippen molar-refractivity contribution < 1.29 is 9.53 Å². The first-order valence-electron chi connectivity index (χ1n) is 6.13. The molecule has 0 atom stereocenters. The lowest BCUT2D eigenvalue weighted by atomic mass is 10.1. The molecule has 1 saturated heterocycles. The second-order valence-electron chi connectivity index (χ2n) is 4.16. The molecule has 1 heterocycles. The van der Waals surface area contributed by atoms with E-state index in [9.17, 15) is 4.79 Å². The Balaban J connectivity index is 2.62. The van der Waals surface area contributed by atoms with Gasteiger partial charge in [0.25, 0.3) is 0 Å². The van der Waals surface area contributed by atoms with Crippen molar-refractivity contribution in [1.82, 2.24) is 10.2 Å². The average molecular weight is 238 g/mol. The molecule has 0 aromatic rings. The van der Waals surface area contributed by atoms with E-state index in [4.69, 9.17) is 4.74 Å². The Bertz CT molecular complexity index is 294. The quantitative estimate of drug-likeness (QED) is 0.445. The van der Waals surface area contributed by atoms with Crippen LogP contribution in [-0.4, -0.2) is 43.7 Å². The lowest BCUT2D eigenvalue weighted by molar-refractivity contribution is -0.138. The third-order valence-electron chi connectivity index (χ3n) is 2.96. The van der Waals surface area contributed by atoms with E-state index in [1.54, 1.807) is 13.0 Å². The highest BCUT2D eigenvalue weighted by Gasteiger charge is 2.17. The molecule has 1 fully saturated rings. The van der Waals surface area contributed by atoms with Gasteiger partial charge in [-0.2, -0.15) is 0 Å². The van der Waals surface area contributed by atoms with Crippen LogP contribution in [0.15, 0.2) is 24.4 Å². The largest absolute Gasteiger partial charge is 0.462 e. The second kappa shape index (κ2) is 7.12. The van der Waals surface area contributed by atoms with E-state index in [1.807, 2.05) is 13.2 Å². The summed E-state index contributed by atoms with van der Waals surface area (Å²) in [5.74, 6) is -0.303. The number of ether oxygens (including phenoxy) is 1. The molecule has 1 aliphatic rings. The summed E-state index contributed by atoms with van der Waals surface area (Å²) < 4.78 is 4.97. The van der Waals surface area contributed by atoms with E-state index in [0.29, 0.717) is 18.2 Å². The van der Waals surface area contributed by atoms with E-state index < -0.39 is 0 Å². The van der Waals surface area contributed by atoms with E-state index in [1.165, 1.54) is 0 Å². The zero-order chi connectivity index (χ0) is 12.7. The molecular formula is C13H22N2O2. The number of hydrogen-bond donors (Lipinski definition) is 1. The van der Waals surface area contributed by atoms with Gasteiger partial charge < -0.3 is 15.0 Å². The van der Waals surface area contributed by atoms with Gasteiger partial charge in [0.1, 0.15) is 0 Å². The Hall–Kier alpha value is -1.29. The Labute approximate surface area is 103 Å². The fraction of sp³-hybridized carbons (Fsp3) is 0.615. The molecule has 0 aromatic carbocycles. The predicted molar refractivity (Wildman–Crippen MR) is 68.6 cm³/mol. The summed E-state index contributed by atoms with van der Waals surface area (Å²) >= 11 is 0. The van der Waals surface area contributed by atoms with Crippen molar-refractivity contribution in [3.63, 3.8) is 0 Å². The van der Waals surface area contributed by atoms with Gasteiger partial charge in [-0.1, -0.05) is 12.7 Å².